The number of benzene rings is 1. The van der Waals surface area contributed by atoms with Gasteiger partial charge in [0.2, 0.25) is 0 Å². The first-order chi connectivity index (χ1) is 18.7. The molecule has 8 heteroatoms. The summed E-state index contributed by atoms with van der Waals surface area (Å²) in [7, 11) is 0. The molecule has 38 heavy (non-hydrogen) atoms. The van der Waals surface area contributed by atoms with E-state index in [1.165, 1.54) is 11.1 Å². The number of hydrogen-bond acceptors (Lipinski definition) is 5. The molecule has 0 radical (unpaired) electrons. The van der Waals surface area contributed by atoms with Crippen LogP contribution in [0.3, 0.4) is 0 Å². The third kappa shape index (κ3) is 4.26. The van der Waals surface area contributed by atoms with Crippen LogP contribution in [0.15, 0.2) is 91.4 Å². The molecule has 0 saturated heterocycles. The van der Waals surface area contributed by atoms with Crippen LogP contribution in [0.4, 0.5) is 0 Å². The van der Waals surface area contributed by atoms with Crippen LogP contribution in [0.25, 0.3) is 55.2 Å². The summed E-state index contributed by atoms with van der Waals surface area (Å²) in [5.74, 6) is 0. The predicted molar refractivity (Wildman–Crippen MR) is 154 cm³/mol. The maximum absolute atomic E-state index is 6.20. The normalized spacial score (nSPS) is 11.5. The number of fused-ring (bicyclic) bond motifs is 2. The van der Waals surface area contributed by atoms with Crippen molar-refractivity contribution in [3.8, 4) is 33.1 Å². The van der Waals surface area contributed by atoms with Crippen molar-refractivity contribution in [3.05, 3.63) is 107 Å². The fraction of sp³-hybridized carbons (Fsp3) is 0.0667. The smallest absolute Gasteiger partial charge is 0.138 e. The van der Waals surface area contributed by atoms with Gasteiger partial charge in [0.25, 0.3) is 0 Å². The average molecular weight is 533 g/mol. The lowest BCUT2D eigenvalue weighted by molar-refractivity contribution is 0.950. The van der Waals surface area contributed by atoms with Crippen molar-refractivity contribution in [2.75, 3.05) is 0 Å². The molecule has 0 amide bonds. The van der Waals surface area contributed by atoms with Crippen molar-refractivity contribution in [1.82, 2.24) is 30.1 Å². The fourth-order valence-corrected chi connectivity index (χ4v) is 5.86. The monoisotopic (exact) mass is 532 g/mol. The van der Waals surface area contributed by atoms with E-state index in [9.17, 15) is 0 Å². The highest BCUT2D eigenvalue weighted by molar-refractivity contribution is 7.19. The van der Waals surface area contributed by atoms with Crippen molar-refractivity contribution < 1.29 is 0 Å². The van der Waals surface area contributed by atoms with Gasteiger partial charge in [-0.15, -0.1) is 11.3 Å². The van der Waals surface area contributed by atoms with Gasteiger partial charge in [-0.2, -0.15) is 5.10 Å². The third-order valence-corrected chi connectivity index (χ3v) is 7.93. The molecule has 0 unspecified atom stereocenters. The van der Waals surface area contributed by atoms with Crippen molar-refractivity contribution in [1.29, 1.82) is 0 Å². The highest BCUT2D eigenvalue weighted by atomic mass is 35.5. The number of rotatable bonds is 6. The lowest BCUT2D eigenvalue weighted by Gasteiger charge is -2.06. The largest absolute Gasteiger partial charge is 0.338 e. The number of thiophene rings is 1. The number of aromatic nitrogens is 6. The molecular weight excluding hydrogens is 512 g/mol. The minimum absolute atomic E-state index is 0.753. The molecule has 1 aromatic carbocycles. The standard InChI is InChI=1S/C30H21ClN6S/c31-27-11-10-26(38-27)21-12-13-33-30-22(21)15-25(35-30)29-28-24(36-37-29)9-8-23(34-28)20-14-19(16-32-17-20)7-6-18-4-2-1-3-5-18/h1-5,8-17H,6-7H2,(H,33,35)(H,36,37). The Balaban J connectivity index is 1.24. The van der Waals surface area contributed by atoms with E-state index in [0.717, 1.165) is 72.3 Å². The molecule has 0 aliphatic rings. The summed E-state index contributed by atoms with van der Waals surface area (Å²) in [6.45, 7) is 0. The second-order valence-electron chi connectivity index (χ2n) is 9.14. The molecule has 2 N–H and O–H groups in total. The van der Waals surface area contributed by atoms with Crippen LogP contribution in [0.2, 0.25) is 4.34 Å². The van der Waals surface area contributed by atoms with Gasteiger partial charge in [0, 0.05) is 40.0 Å². The number of nitrogens with zero attached hydrogens (tertiary/aromatic N) is 4. The topological polar surface area (TPSA) is 83.1 Å². The number of halogens is 1. The lowest BCUT2D eigenvalue weighted by Crippen LogP contribution is -1.94. The van der Waals surface area contributed by atoms with E-state index in [2.05, 4.69) is 61.5 Å². The summed E-state index contributed by atoms with van der Waals surface area (Å²) in [5, 5.41) is 8.74. The van der Waals surface area contributed by atoms with Gasteiger partial charge in [-0.3, -0.25) is 10.1 Å². The number of H-pyrrole nitrogens is 2. The van der Waals surface area contributed by atoms with E-state index < -0.39 is 0 Å². The molecule has 0 aliphatic heterocycles. The minimum atomic E-state index is 0.753. The number of aryl methyl sites for hydroxylation is 2. The zero-order chi connectivity index (χ0) is 25.5. The zero-order valence-corrected chi connectivity index (χ0v) is 21.7. The SMILES string of the molecule is Clc1ccc(-c2ccnc3[nH]c(-c4n[nH]c5ccc(-c6cncc(CCc7ccccc7)c6)nc45)cc23)s1. The van der Waals surface area contributed by atoms with E-state index >= 15 is 0 Å². The van der Waals surface area contributed by atoms with Crippen LogP contribution in [0, 0.1) is 0 Å². The molecule has 184 valence electrons. The van der Waals surface area contributed by atoms with Crippen molar-refractivity contribution in [2.45, 2.75) is 12.8 Å². The Bertz CT molecular complexity index is 1900. The Labute approximate surface area is 227 Å². The number of pyridine rings is 3. The summed E-state index contributed by atoms with van der Waals surface area (Å²) in [6, 6.07) is 24.8. The molecule has 7 rings (SSSR count). The maximum atomic E-state index is 6.20. The van der Waals surface area contributed by atoms with Crippen LogP contribution in [-0.2, 0) is 12.8 Å². The van der Waals surface area contributed by atoms with Gasteiger partial charge in [0.1, 0.15) is 16.9 Å². The van der Waals surface area contributed by atoms with Gasteiger partial charge in [-0.05, 0) is 66.4 Å². The summed E-state index contributed by atoms with van der Waals surface area (Å²) in [6.07, 6.45) is 7.50. The highest BCUT2D eigenvalue weighted by Gasteiger charge is 2.16. The average Bonchev–Trinajstić information content (AvgIpc) is 3.70. The molecule has 7 aromatic rings. The Morgan fingerprint density at radius 2 is 1.76 bits per heavy atom. The quantitative estimate of drug-likeness (QED) is 0.229. The third-order valence-electron chi connectivity index (χ3n) is 6.67. The van der Waals surface area contributed by atoms with Crippen LogP contribution in [-0.4, -0.2) is 30.1 Å². The molecule has 6 nitrogen and oxygen atoms in total. The lowest BCUT2D eigenvalue weighted by atomic mass is 10.0. The molecule has 0 fully saturated rings. The second kappa shape index (κ2) is 9.52. The molecule has 6 aromatic heterocycles. The fourth-order valence-electron chi connectivity index (χ4n) is 4.77. The van der Waals surface area contributed by atoms with Gasteiger partial charge in [-0.25, -0.2) is 9.97 Å². The Morgan fingerprint density at radius 1 is 0.868 bits per heavy atom. The Morgan fingerprint density at radius 3 is 2.63 bits per heavy atom. The van der Waals surface area contributed by atoms with E-state index in [-0.39, 0.29) is 0 Å². The summed E-state index contributed by atoms with van der Waals surface area (Å²) in [4.78, 5) is 18.6. The van der Waals surface area contributed by atoms with Gasteiger partial charge in [0.15, 0.2) is 0 Å². The highest BCUT2D eigenvalue weighted by Crippen LogP contribution is 2.37. The zero-order valence-electron chi connectivity index (χ0n) is 20.1. The molecule has 0 bridgehead atoms. The van der Waals surface area contributed by atoms with Gasteiger partial charge >= 0.3 is 0 Å². The Hall–Kier alpha value is -4.33. The van der Waals surface area contributed by atoms with Crippen LogP contribution in [0.5, 0.6) is 0 Å². The predicted octanol–water partition coefficient (Wildman–Crippen LogP) is 7.73. The second-order valence-corrected chi connectivity index (χ2v) is 10.9. The molecule has 6 heterocycles. The van der Waals surface area contributed by atoms with E-state index in [1.54, 1.807) is 11.3 Å². The van der Waals surface area contributed by atoms with Crippen LogP contribution in [0.1, 0.15) is 11.1 Å². The number of hydrogen-bond donors (Lipinski definition) is 2. The summed E-state index contributed by atoms with van der Waals surface area (Å²) < 4.78 is 0.759. The van der Waals surface area contributed by atoms with Gasteiger partial charge in [-0.1, -0.05) is 41.9 Å². The summed E-state index contributed by atoms with van der Waals surface area (Å²) >= 11 is 7.75. The van der Waals surface area contributed by atoms with Crippen LogP contribution < -0.4 is 0 Å². The van der Waals surface area contributed by atoms with Gasteiger partial charge < -0.3 is 4.98 Å². The number of aromatic amines is 2. The molecule has 0 spiro atoms. The van der Waals surface area contributed by atoms with E-state index in [0.29, 0.717) is 0 Å². The Kier molecular flexibility index (Phi) is 5.72. The first kappa shape index (κ1) is 22.8. The minimum Gasteiger partial charge on any atom is -0.338 e. The van der Waals surface area contributed by atoms with Crippen molar-refractivity contribution in [2.24, 2.45) is 0 Å². The molecule has 0 saturated carbocycles. The van der Waals surface area contributed by atoms with E-state index in [4.69, 9.17) is 16.6 Å². The molecule has 0 aliphatic carbocycles. The van der Waals surface area contributed by atoms with Crippen molar-refractivity contribution in [3.63, 3.8) is 0 Å². The van der Waals surface area contributed by atoms with Gasteiger partial charge in [0.05, 0.1) is 21.2 Å². The van der Waals surface area contributed by atoms with E-state index in [1.807, 2.05) is 55.0 Å². The first-order valence-electron chi connectivity index (χ1n) is 12.3. The molecule has 0 atom stereocenters. The van der Waals surface area contributed by atoms with Crippen molar-refractivity contribution >= 4 is 45.0 Å². The van der Waals surface area contributed by atoms with Crippen LogP contribution >= 0.6 is 22.9 Å². The first-order valence-corrected chi connectivity index (χ1v) is 13.5. The molecular formula is C30H21ClN6S. The number of nitrogens with one attached hydrogen (secondary N) is 2. The summed E-state index contributed by atoms with van der Waals surface area (Å²) in [5.41, 5.74) is 9.50. The maximum Gasteiger partial charge on any atom is 0.138 e.